The number of hydrogen-bond acceptors (Lipinski definition) is 9. The molecule has 0 bridgehead atoms. The van der Waals surface area contributed by atoms with Gasteiger partial charge in [0.05, 0.1) is 15.9 Å². The van der Waals surface area contributed by atoms with Gasteiger partial charge in [0, 0.05) is 17.7 Å². The van der Waals surface area contributed by atoms with Crippen molar-refractivity contribution in [1.29, 1.82) is 0 Å². The number of nitro benzene ring substituents is 2. The van der Waals surface area contributed by atoms with Crippen molar-refractivity contribution in [3.63, 3.8) is 0 Å². The first-order valence-corrected chi connectivity index (χ1v) is 10.1. The van der Waals surface area contributed by atoms with Gasteiger partial charge in [-0.3, -0.25) is 25.0 Å². The molecule has 1 unspecified atom stereocenters. The first-order chi connectivity index (χ1) is 16.7. The Morgan fingerprint density at radius 2 is 1.60 bits per heavy atom. The molecule has 0 aliphatic carbocycles. The molecular formula is C23H17N3O9. The van der Waals surface area contributed by atoms with Crippen molar-refractivity contribution < 1.29 is 33.6 Å². The molecule has 0 radical (unpaired) electrons. The minimum absolute atomic E-state index is 0.0947. The van der Waals surface area contributed by atoms with Crippen molar-refractivity contribution in [2.24, 2.45) is 0 Å². The van der Waals surface area contributed by atoms with Gasteiger partial charge in [-0.2, -0.15) is 0 Å². The Balaban J connectivity index is 1.68. The van der Waals surface area contributed by atoms with Crippen LogP contribution in [0.4, 0.5) is 17.1 Å². The molecule has 12 heteroatoms. The molecule has 0 spiro atoms. The number of carbonyl (C=O) groups is 2. The number of nitrogens with zero attached hydrogens (tertiary/aromatic N) is 2. The van der Waals surface area contributed by atoms with Crippen molar-refractivity contribution in [3.8, 4) is 11.5 Å². The Morgan fingerprint density at radius 3 is 2.26 bits per heavy atom. The van der Waals surface area contributed by atoms with Gasteiger partial charge in [-0.25, -0.2) is 4.79 Å². The SMILES string of the molecule is Cc1ccc(NC(=O)C(OC(=O)c2cc3c(cc2[N+](=O)[O-])OCO3)c2ccccc2)c([N+](=O)[O-])c1. The van der Waals surface area contributed by atoms with E-state index in [1.807, 2.05) is 0 Å². The van der Waals surface area contributed by atoms with E-state index in [4.69, 9.17) is 14.2 Å². The van der Waals surface area contributed by atoms with Crippen molar-refractivity contribution in [1.82, 2.24) is 0 Å². The Hall–Kier alpha value is -5.00. The van der Waals surface area contributed by atoms with E-state index in [2.05, 4.69) is 5.32 Å². The molecule has 4 rings (SSSR count). The average molecular weight is 479 g/mol. The minimum atomic E-state index is -1.57. The molecule has 1 heterocycles. The summed E-state index contributed by atoms with van der Waals surface area (Å²) >= 11 is 0. The second-order valence-electron chi connectivity index (χ2n) is 7.44. The van der Waals surface area contributed by atoms with E-state index < -0.39 is 39.1 Å². The van der Waals surface area contributed by atoms with E-state index in [0.717, 1.165) is 12.1 Å². The summed E-state index contributed by atoms with van der Waals surface area (Å²) in [7, 11) is 0. The highest BCUT2D eigenvalue weighted by Gasteiger charge is 2.33. The van der Waals surface area contributed by atoms with Gasteiger partial charge in [0.15, 0.2) is 11.5 Å². The maximum atomic E-state index is 13.2. The van der Waals surface area contributed by atoms with Gasteiger partial charge in [0.2, 0.25) is 12.9 Å². The summed E-state index contributed by atoms with van der Waals surface area (Å²) in [4.78, 5) is 47.7. The van der Waals surface area contributed by atoms with Crippen LogP contribution < -0.4 is 14.8 Å². The number of esters is 1. The van der Waals surface area contributed by atoms with Crippen LogP contribution in [0, 0.1) is 27.2 Å². The van der Waals surface area contributed by atoms with Gasteiger partial charge < -0.3 is 19.5 Å². The highest BCUT2D eigenvalue weighted by Crippen LogP contribution is 2.39. The highest BCUT2D eigenvalue weighted by molar-refractivity contribution is 6.01. The normalized spacial score (nSPS) is 12.5. The summed E-state index contributed by atoms with van der Waals surface area (Å²) in [6.45, 7) is 1.49. The van der Waals surface area contributed by atoms with Crippen molar-refractivity contribution in [2.75, 3.05) is 12.1 Å². The third kappa shape index (κ3) is 4.85. The molecule has 1 aliphatic rings. The summed E-state index contributed by atoms with van der Waals surface area (Å²) in [6.07, 6.45) is -1.57. The molecule has 0 aromatic heterocycles. The number of carbonyl (C=O) groups excluding carboxylic acids is 2. The molecule has 3 aromatic rings. The lowest BCUT2D eigenvalue weighted by Gasteiger charge is -2.18. The van der Waals surface area contributed by atoms with Gasteiger partial charge in [0.25, 0.3) is 17.3 Å². The third-order valence-corrected chi connectivity index (χ3v) is 5.08. The van der Waals surface area contributed by atoms with Crippen LogP contribution in [-0.2, 0) is 9.53 Å². The molecule has 0 saturated heterocycles. The lowest BCUT2D eigenvalue weighted by Crippen LogP contribution is -2.26. The first kappa shape index (κ1) is 23.2. The highest BCUT2D eigenvalue weighted by atomic mass is 16.7. The van der Waals surface area contributed by atoms with E-state index in [1.165, 1.54) is 24.3 Å². The van der Waals surface area contributed by atoms with Crippen molar-refractivity contribution >= 4 is 28.9 Å². The second-order valence-corrected chi connectivity index (χ2v) is 7.44. The van der Waals surface area contributed by atoms with Crippen LogP contribution in [0.1, 0.15) is 27.6 Å². The third-order valence-electron chi connectivity index (χ3n) is 5.08. The molecule has 1 amide bonds. The van der Waals surface area contributed by atoms with E-state index in [-0.39, 0.29) is 35.2 Å². The zero-order chi connectivity index (χ0) is 25.1. The van der Waals surface area contributed by atoms with Gasteiger partial charge in [-0.05, 0) is 18.6 Å². The first-order valence-electron chi connectivity index (χ1n) is 10.1. The van der Waals surface area contributed by atoms with Crippen LogP contribution >= 0.6 is 0 Å². The van der Waals surface area contributed by atoms with Crippen LogP contribution in [0.15, 0.2) is 60.7 Å². The molecule has 178 valence electrons. The summed E-state index contributed by atoms with van der Waals surface area (Å²) in [5.41, 5.74) is -0.637. The molecule has 35 heavy (non-hydrogen) atoms. The maximum absolute atomic E-state index is 13.2. The largest absolute Gasteiger partial charge is 0.454 e. The van der Waals surface area contributed by atoms with E-state index in [0.29, 0.717) is 5.56 Å². The van der Waals surface area contributed by atoms with Crippen molar-refractivity contribution in [2.45, 2.75) is 13.0 Å². The maximum Gasteiger partial charge on any atom is 0.346 e. The predicted octanol–water partition coefficient (Wildman–Crippen LogP) is 4.08. The zero-order valence-electron chi connectivity index (χ0n) is 18.1. The van der Waals surface area contributed by atoms with Crippen molar-refractivity contribution in [3.05, 3.63) is 97.6 Å². The van der Waals surface area contributed by atoms with E-state index in [1.54, 1.807) is 31.2 Å². The summed E-state index contributed by atoms with van der Waals surface area (Å²) < 4.78 is 15.7. The fraction of sp³-hybridized carbons (Fsp3) is 0.130. The van der Waals surface area contributed by atoms with Crippen LogP contribution in [0.25, 0.3) is 0 Å². The van der Waals surface area contributed by atoms with Gasteiger partial charge in [-0.15, -0.1) is 0 Å². The number of benzene rings is 3. The van der Waals surface area contributed by atoms with Gasteiger partial charge in [0.1, 0.15) is 11.3 Å². The monoisotopic (exact) mass is 479 g/mol. The molecule has 3 aromatic carbocycles. The Bertz CT molecular complexity index is 1340. The van der Waals surface area contributed by atoms with Crippen LogP contribution in [0.5, 0.6) is 11.5 Å². The molecule has 0 saturated carbocycles. The number of rotatable bonds is 7. The van der Waals surface area contributed by atoms with Crippen LogP contribution in [0.3, 0.4) is 0 Å². The fourth-order valence-electron chi connectivity index (χ4n) is 3.41. The molecule has 1 N–H and O–H groups in total. The van der Waals surface area contributed by atoms with Crippen LogP contribution in [0.2, 0.25) is 0 Å². The molecule has 1 aliphatic heterocycles. The Labute approximate surface area is 197 Å². The number of aryl methyl sites for hydroxylation is 1. The molecular weight excluding hydrogens is 462 g/mol. The Morgan fingerprint density at radius 1 is 0.943 bits per heavy atom. The second kappa shape index (κ2) is 9.47. The smallest absolute Gasteiger partial charge is 0.346 e. The van der Waals surface area contributed by atoms with E-state index >= 15 is 0 Å². The summed E-state index contributed by atoms with van der Waals surface area (Å²) in [6, 6.07) is 14.2. The quantitative estimate of drug-likeness (QED) is 0.299. The lowest BCUT2D eigenvalue weighted by molar-refractivity contribution is -0.385. The number of fused-ring (bicyclic) bond motifs is 1. The number of hydrogen-bond donors (Lipinski definition) is 1. The zero-order valence-corrected chi connectivity index (χ0v) is 18.1. The van der Waals surface area contributed by atoms with E-state index in [9.17, 15) is 29.8 Å². The van der Waals surface area contributed by atoms with Crippen LogP contribution in [-0.4, -0.2) is 28.5 Å². The number of nitrogens with one attached hydrogen (secondary N) is 1. The molecule has 0 fully saturated rings. The number of nitro groups is 2. The van der Waals surface area contributed by atoms with Gasteiger partial charge in [-0.1, -0.05) is 36.4 Å². The molecule has 1 atom stereocenters. The lowest BCUT2D eigenvalue weighted by atomic mass is 10.1. The summed E-state index contributed by atoms with van der Waals surface area (Å²) in [5, 5.41) is 25.4. The minimum Gasteiger partial charge on any atom is -0.454 e. The molecule has 12 nitrogen and oxygen atoms in total. The number of amides is 1. The number of ether oxygens (including phenoxy) is 3. The Kier molecular flexibility index (Phi) is 6.27. The summed E-state index contributed by atoms with van der Waals surface area (Å²) in [5.74, 6) is -1.85. The van der Waals surface area contributed by atoms with Gasteiger partial charge >= 0.3 is 5.97 Å². The fourth-order valence-corrected chi connectivity index (χ4v) is 3.41. The predicted molar refractivity (Wildman–Crippen MR) is 120 cm³/mol. The standard InChI is InChI=1S/C23H17N3O9/c1-13-7-8-16(18(9-13)26(31)32)24-22(27)21(14-5-3-2-4-6-14)35-23(28)15-10-19-20(34-12-33-19)11-17(15)25(29)30/h2-11,21H,12H2,1H3,(H,24,27). The topological polar surface area (TPSA) is 160 Å². The number of anilines is 1. The average Bonchev–Trinajstić information content (AvgIpc) is 3.30.